The molecular formula is C16H20N4O. The highest BCUT2D eigenvalue weighted by molar-refractivity contribution is 5.94. The van der Waals surface area contributed by atoms with Crippen LogP contribution in [0.2, 0.25) is 0 Å². The molecule has 0 spiro atoms. The topological polar surface area (TPSA) is 50.2 Å². The van der Waals surface area contributed by atoms with Crippen molar-refractivity contribution >= 4 is 5.91 Å². The van der Waals surface area contributed by atoms with E-state index in [2.05, 4.69) is 24.3 Å². The van der Waals surface area contributed by atoms with Crippen LogP contribution in [0.5, 0.6) is 0 Å². The number of carbonyl (C=O) groups excluding carboxylic acids is 1. The number of nitrogens with zero attached hydrogens (tertiary/aromatic N) is 3. The van der Waals surface area contributed by atoms with Crippen LogP contribution in [0, 0.1) is 0 Å². The number of para-hydroxylation sites is 1. The first kappa shape index (κ1) is 13.8. The van der Waals surface area contributed by atoms with Crippen LogP contribution in [0.25, 0.3) is 5.69 Å². The number of piperazine rings is 1. The van der Waals surface area contributed by atoms with E-state index in [4.69, 9.17) is 0 Å². The Morgan fingerprint density at radius 2 is 1.86 bits per heavy atom. The summed E-state index contributed by atoms with van der Waals surface area (Å²) in [7, 11) is 0. The summed E-state index contributed by atoms with van der Waals surface area (Å²) in [6.07, 6.45) is 3.45. The van der Waals surface area contributed by atoms with Crippen molar-refractivity contribution in [3.05, 3.63) is 48.3 Å². The van der Waals surface area contributed by atoms with Gasteiger partial charge in [0.15, 0.2) is 0 Å². The highest BCUT2D eigenvalue weighted by Crippen LogP contribution is 2.16. The van der Waals surface area contributed by atoms with Crippen molar-refractivity contribution in [2.75, 3.05) is 13.1 Å². The molecule has 0 radical (unpaired) electrons. The van der Waals surface area contributed by atoms with E-state index in [1.807, 2.05) is 35.2 Å². The maximum Gasteiger partial charge on any atom is 0.257 e. The summed E-state index contributed by atoms with van der Waals surface area (Å²) in [4.78, 5) is 14.7. The molecule has 0 saturated carbocycles. The van der Waals surface area contributed by atoms with Gasteiger partial charge in [0.25, 0.3) is 5.91 Å². The number of carbonyl (C=O) groups is 1. The third-order valence-corrected chi connectivity index (χ3v) is 3.91. The van der Waals surface area contributed by atoms with Crippen LogP contribution in [0.4, 0.5) is 0 Å². The quantitative estimate of drug-likeness (QED) is 0.913. The molecule has 5 nitrogen and oxygen atoms in total. The van der Waals surface area contributed by atoms with E-state index in [0.29, 0.717) is 5.56 Å². The van der Waals surface area contributed by atoms with Gasteiger partial charge in [-0.05, 0) is 26.0 Å². The van der Waals surface area contributed by atoms with E-state index >= 15 is 0 Å². The van der Waals surface area contributed by atoms with Gasteiger partial charge in [0.1, 0.15) is 0 Å². The third-order valence-electron chi connectivity index (χ3n) is 3.91. The smallest absolute Gasteiger partial charge is 0.257 e. The number of aromatic nitrogens is 2. The molecule has 2 heterocycles. The van der Waals surface area contributed by atoms with Crippen molar-refractivity contribution in [1.82, 2.24) is 20.0 Å². The second-order valence-electron chi connectivity index (χ2n) is 5.58. The number of nitrogens with one attached hydrogen (secondary N) is 1. The molecule has 2 atom stereocenters. The van der Waals surface area contributed by atoms with E-state index in [1.54, 1.807) is 17.1 Å². The highest BCUT2D eigenvalue weighted by Gasteiger charge is 2.30. The molecule has 5 heteroatoms. The van der Waals surface area contributed by atoms with Crippen molar-refractivity contribution in [3.8, 4) is 5.69 Å². The predicted octanol–water partition coefficient (Wildman–Crippen LogP) is 1.69. The number of hydrogen-bond acceptors (Lipinski definition) is 3. The Labute approximate surface area is 124 Å². The number of amides is 1. The van der Waals surface area contributed by atoms with Gasteiger partial charge >= 0.3 is 0 Å². The average Bonchev–Trinajstić information content (AvgIpc) is 2.97. The SMILES string of the molecule is CC1CNCC(C)N1C(=O)c1cnn(-c2ccccc2)c1. The number of rotatable bonds is 2. The standard InChI is InChI=1S/C16H20N4O/c1-12-8-17-9-13(2)20(12)16(21)14-10-18-19(11-14)15-6-4-3-5-7-15/h3-7,10-13,17H,8-9H2,1-2H3. The molecule has 1 aliphatic rings. The first-order chi connectivity index (χ1) is 10.2. The van der Waals surface area contributed by atoms with Crippen molar-refractivity contribution < 1.29 is 4.79 Å². The Morgan fingerprint density at radius 1 is 1.19 bits per heavy atom. The fourth-order valence-corrected chi connectivity index (χ4v) is 2.84. The summed E-state index contributed by atoms with van der Waals surface area (Å²) in [5, 5.41) is 7.64. The van der Waals surface area contributed by atoms with Gasteiger partial charge in [0.05, 0.1) is 17.4 Å². The van der Waals surface area contributed by atoms with Crippen LogP contribution in [0.15, 0.2) is 42.7 Å². The van der Waals surface area contributed by atoms with E-state index < -0.39 is 0 Å². The lowest BCUT2D eigenvalue weighted by Gasteiger charge is -2.39. The predicted molar refractivity (Wildman–Crippen MR) is 81.5 cm³/mol. The molecule has 1 N–H and O–H groups in total. The summed E-state index contributed by atoms with van der Waals surface area (Å²) in [6.45, 7) is 5.82. The zero-order chi connectivity index (χ0) is 14.8. The van der Waals surface area contributed by atoms with Crippen LogP contribution in [0.1, 0.15) is 24.2 Å². The Kier molecular flexibility index (Phi) is 3.75. The van der Waals surface area contributed by atoms with Crippen LogP contribution in [-0.2, 0) is 0 Å². The van der Waals surface area contributed by atoms with Gasteiger partial charge in [-0.25, -0.2) is 4.68 Å². The largest absolute Gasteiger partial charge is 0.331 e. The molecule has 1 saturated heterocycles. The Hall–Kier alpha value is -2.14. The Balaban J connectivity index is 1.84. The molecule has 3 rings (SSSR count). The number of benzene rings is 1. The van der Waals surface area contributed by atoms with E-state index in [9.17, 15) is 4.79 Å². The minimum absolute atomic E-state index is 0.0543. The maximum atomic E-state index is 12.7. The summed E-state index contributed by atoms with van der Waals surface area (Å²) in [5.74, 6) is 0.0543. The van der Waals surface area contributed by atoms with Crippen LogP contribution >= 0.6 is 0 Å². The third kappa shape index (κ3) is 2.69. The second kappa shape index (κ2) is 5.69. The lowest BCUT2D eigenvalue weighted by molar-refractivity contribution is 0.0544. The minimum atomic E-state index is 0.0543. The van der Waals surface area contributed by atoms with Gasteiger partial charge in [-0.3, -0.25) is 4.79 Å². The van der Waals surface area contributed by atoms with Gasteiger partial charge < -0.3 is 10.2 Å². The highest BCUT2D eigenvalue weighted by atomic mass is 16.2. The van der Waals surface area contributed by atoms with Crippen LogP contribution < -0.4 is 5.32 Å². The monoisotopic (exact) mass is 284 g/mol. The first-order valence-electron chi connectivity index (χ1n) is 7.30. The normalized spacial score (nSPS) is 22.3. The molecule has 2 unspecified atom stereocenters. The number of hydrogen-bond donors (Lipinski definition) is 1. The first-order valence-corrected chi connectivity index (χ1v) is 7.30. The zero-order valence-corrected chi connectivity index (χ0v) is 12.4. The van der Waals surface area contributed by atoms with E-state index in [1.165, 1.54) is 0 Å². The van der Waals surface area contributed by atoms with Crippen molar-refractivity contribution in [2.24, 2.45) is 0 Å². The van der Waals surface area contributed by atoms with Crippen molar-refractivity contribution in [2.45, 2.75) is 25.9 Å². The molecule has 110 valence electrons. The molecule has 1 aliphatic heterocycles. The molecule has 0 aliphatic carbocycles. The van der Waals surface area contributed by atoms with Gasteiger partial charge in [0.2, 0.25) is 0 Å². The summed E-state index contributed by atoms with van der Waals surface area (Å²) in [5.41, 5.74) is 1.59. The maximum absolute atomic E-state index is 12.7. The van der Waals surface area contributed by atoms with E-state index in [0.717, 1.165) is 18.8 Å². The molecule has 1 fully saturated rings. The van der Waals surface area contributed by atoms with Crippen LogP contribution in [-0.4, -0.2) is 45.8 Å². The lowest BCUT2D eigenvalue weighted by Crippen LogP contribution is -2.57. The van der Waals surface area contributed by atoms with E-state index in [-0.39, 0.29) is 18.0 Å². The molecule has 0 bridgehead atoms. The van der Waals surface area contributed by atoms with Crippen molar-refractivity contribution in [3.63, 3.8) is 0 Å². The van der Waals surface area contributed by atoms with Crippen molar-refractivity contribution in [1.29, 1.82) is 0 Å². The zero-order valence-electron chi connectivity index (χ0n) is 12.4. The summed E-state index contributed by atoms with van der Waals surface area (Å²) < 4.78 is 1.74. The van der Waals surface area contributed by atoms with Gasteiger partial charge in [0, 0.05) is 31.4 Å². The molecule has 21 heavy (non-hydrogen) atoms. The minimum Gasteiger partial charge on any atom is -0.331 e. The summed E-state index contributed by atoms with van der Waals surface area (Å²) >= 11 is 0. The Bertz CT molecular complexity index is 612. The second-order valence-corrected chi connectivity index (χ2v) is 5.58. The average molecular weight is 284 g/mol. The Morgan fingerprint density at radius 3 is 2.52 bits per heavy atom. The molecule has 2 aromatic rings. The molecule has 1 amide bonds. The molecule has 1 aromatic carbocycles. The lowest BCUT2D eigenvalue weighted by atomic mass is 10.1. The van der Waals surface area contributed by atoms with Gasteiger partial charge in [-0.15, -0.1) is 0 Å². The fourth-order valence-electron chi connectivity index (χ4n) is 2.84. The van der Waals surface area contributed by atoms with Gasteiger partial charge in [-0.1, -0.05) is 18.2 Å². The molecule has 1 aromatic heterocycles. The van der Waals surface area contributed by atoms with Gasteiger partial charge in [-0.2, -0.15) is 5.10 Å². The fraction of sp³-hybridized carbons (Fsp3) is 0.375. The summed E-state index contributed by atoms with van der Waals surface area (Å²) in [6, 6.07) is 10.2. The van der Waals surface area contributed by atoms with Crippen LogP contribution in [0.3, 0.4) is 0 Å². The molecular weight excluding hydrogens is 264 g/mol.